The van der Waals surface area contributed by atoms with Crippen LogP contribution >= 0.6 is 0 Å². The molecular formula is C16H29NO. The summed E-state index contributed by atoms with van der Waals surface area (Å²) in [6.45, 7) is 8.40. The molecule has 4 atom stereocenters. The first-order chi connectivity index (χ1) is 8.49. The Bertz CT molecular complexity index is 323. The average molecular weight is 251 g/mol. The predicted molar refractivity (Wildman–Crippen MR) is 74.5 cm³/mol. The van der Waals surface area contributed by atoms with Crippen LogP contribution in [0.2, 0.25) is 0 Å². The standard InChI is InChI=1S/C16H29NO/c1-15(2)12-7-8-16(15,3)14(9-12)17-13(10-18-4)11-5-6-11/h11-14,17H,5-10H2,1-4H3. The van der Waals surface area contributed by atoms with Gasteiger partial charge >= 0.3 is 0 Å². The Kier molecular flexibility index (Phi) is 3.02. The van der Waals surface area contributed by atoms with Crippen molar-refractivity contribution < 1.29 is 4.74 Å². The van der Waals surface area contributed by atoms with Gasteiger partial charge in [0, 0.05) is 19.2 Å². The lowest BCUT2D eigenvalue weighted by molar-refractivity contribution is 0.0933. The van der Waals surface area contributed by atoms with Crippen LogP contribution in [0.5, 0.6) is 0 Å². The molecule has 1 N–H and O–H groups in total. The maximum absolute atomic E-state index is 5.42. The second-order valence-corrected chi connectivity index (χ2v) is 7.73. The minimum absolute atomic E-state index is 0.499. The number of hydrogen-bond acceptors (Lipinski definition) is 2. The first kappa shape index (κ1) is 12.9. The van der Waals surface area contributed by atoms with E-state index in [1.807, 2.05) is 7.11 Å². The van der Waals surface area contributed by atoms with Gasteiger partial charge in [-0.1, -0.05) is 20.8 Å². The van der Waals surface area contributed by atoms with Gasteiger partial charge in [-0.15, -0.1) is 0 Å². The Hall–Kier alpha value is -0.0800. The van der Waals surface area contributed by atoms with Crippen molar-refractivity contribution in [3.05, 3.63) is 0 Å². The SMILES string of the molecule is COCC(NC1CC2CCC1(C)C2(C)C)C1CC1. The van der Waals surface area contributed by atoms with Crippen LogP contribution in [0.4, 0.5) is 0 Å². The van der Waals surface area contributed by atoms with E-state index < -0.39 is 0 Å². The first-order valence-electron chi connectivity index (χ1n) is 7.74. The van der Waals surface area contributed by atoms with Gasteiger partial charge in [0.25, 0.3) is 0 Å². The van der Waals surface area contributed by atoms with Crippen molar-refractivity contribution in [1.29, 1.82) is 0 Å². The molecule has 18 heavy (non-hydrogen) atoms. The number of methoxy groups -OCH3 is 1. The largest absolute Gasteiger partial charge is 0.383 e. The van der Waals surface area contributed by atoms with Gasteiger partial charge in [-0.2, -0.15) is 0 Å². The molecule has 0 aromatic carbocycles. The quantitative estimate of drug-likeness (QED) is 0.810. The molecule has 2 bridgehead atoms. The van der Waals surface area contributed by atoms with E-state index in [0.717, 1.165) is 18.4 Å². The molecule has 0 aliphatic heterocycles. The summed E-state index contributed by atoms with van der Waals surface area (Å²) in [6.07, 6.45) is 7.04. The molecule has 3 aliphatic carbocycles. The van der Waals surface area contributed by atoms with Gasteiger partial charge in [0.15, 0.2) is 0 Å². The summed E-state index contributed by atoms with van der Waals surface area (Å²) in [4.78, 5) is 0. The third kappa shape index (κ3) is 1.76. The molecule has 3 fully saturated rings. The summed E-state index contributed by atoms with van der Waals surface area (Å²) in [6, 6.07) is 1.32. The van der Waals surface area contributed by atoms with Crippen LogP contribution in [0, 0.1) is 22.7 Å². The number of hydrogen-bond donors (Lipinski definition) is 1. The molecule has 3 aliphatic rings. The molecule has 0 aromatic heterocycles. The van der Waals surface area contributed by atoms with Crippen molar-refractivity contribution >= 4 is 0 Å². The van der Waals surface area contributed by atoms with Crippen LogP contribution in [0.3, 0.4) is 0 Å². The molecule has 104 valence electrons. The van der Waals surface area contributed by atoms with Gasteiger partial charge in [-0.25, -0.2) is 0 Å². The van der Waals surface area contributed by atoms with E-state index in [4.69, 9.17) is 4.74 Å². The molecule has 0 heterocycles. The van der Waals surface area contributed by atoms with Crippen LogP contribution in [-0.2, 0) is 4.74 Å². The van der Waals surface area contributed by atoms with Crippen LogP contribution in [0.1, 0.15) is 52.9 Å². The molecule has 2 nitrogen and oxygen atoms in total. The van der Waals surface area contributed by atoms with E-state index in [2.05, 4.69) is 26.1 Å². The fourth-order valence-corrected chi connectivity index (χ4v) is 4.71. The van der Waals surface area contributed by atoms with Crippen molar-refractivity contribution in [1.82, 2.24) is 5.32 Å². The van der Waals surface area contributed by atoms with Crippen molar-refractivity contribution in [2.75, 3.05) is 13.7 Å². The zero-order valence-corrected chi connectivity index (χ0v) is 12.5. The third-order valence-corrected chi connectivity index (χ3v) is 6.75. The zero-order valence-electron chi connectivity index (χ0n) is 12.5. The van der Waals surface area contributed by atoms with Crippen LogP contribution < -0.4 is 5.32 Å². The lowest BCUT2D eigenvalue weighted by atomic mass is 9.69. The third-order valence-electron chi connectivity index (χ3n) is 6.75. The van der Waals surface area contributed by atoms with Crippen LogP contribution in [0.15, 0.2) is 0 Å². The van der Waals surface area contributed by atoms with Crippen LogP contribution in [-0.4, -0.2) is 25.8 Å². The maximum atomic E-state index is 5.42. The summed E-state index contributed by atoms with van der Waals surface area (Å²) in [5, 5.41) is 3.98. The number of ether oxygens (including phenoxy) is 1. The number of fused-ring (bicyclic) bond motifs is 2. The Labute approximate surface area is 112 Å². The van der Waals surface area contributed by atoms with Gasteiger partial charge in [0.05, 0.1) is 6.61 Å². The van der Waals surface area contributed by atoms with Gasteiger partial charge in [0.2, 0.25) is 0 Å². The fraction of sp³-hybridized carbons (Fsp3) is 1.00. The molecule has 0 aromatic rings. The van der Waals surface area contributed by atoms with Gasteiger partial charge in [0.1, 0.15) is 0 Å². The summed E-state index contributed by atoms with van der Waals surface area (Å²) >= 11 is 0. The second kappa shape index (κ2) is 4.21. The molecule has 0 saturated heterocycles. The minimum atomic E-state index is 0.499. The Morgan fingerprint density at radius 1 is 1.22 bits per heavy atom. The monoisotopic (exact) mass is 251 g/mol. The van der Waals surface area contributed by atoms with E-state index in [1.165, 1.54) is 32.1 Å². The van der Waals surface area contributed by atoms with Gasteiger partial charge in [-0.05, 0) is 54.8 Å². The Balaban J connectivity index is 1.70. The molecule has 3 saturated carbocycles. The highest BCUT2D eigenvalue weighted by molar-refractivity contribution is 5.13. The van der Waals surface area contributed by atoms with Crippen LogP contribution in [0.25, 0.3) is 0 Å². The lowest BCUT2D eigenvalue weighted by Crippen LogP contribution is -2.50. The summed E-state index contributed by atoms with van der Waals surface area (Å²) in [7, 11) is 1.84. The average Bonchev–Trinajstić information content (AvgIpc) is 3.09. The Morgan fingerprint density at radius 2 is 1.94 bits per heavy atom. The van der Waals surface area contributed by atoms with E-state index in [9.17, 15) is 0 Å². The first-order valence-corrected chi connectivity index (χ1v) is 7.74. The zero-order chi connectivity index (χ0) is 13.0. The summed E-state index contributed by atoms with van der Waals surface area (Å²) in [5.41, 5.74) is 1.02. The van der Waals surface area contributed by atoms with Crippen molar-refractivity contribution in [2.24, 2.45) is 22.7 Å². The molecule has 0 amide bonds. The number of rotatable bonds is 5. The van der Waals surface area contributed by atoms with Gasteiger partial charge < -0.3 is 10.1 Å². The maximum Gasteiger partial charge on any atom is 0.0618 e. The predicted octanol–water partition coefficient (Wildman–Crippen LogP) is 3.22. The molecular weight excluding hydrogens is 222 g/mol. The molecule has 0 spiro atoms. The van der Waals surface area contributed by atoms with E-state index in [-0.39, 0.29) is 0 Å². The second-order valence-electron chi connectivity index (χ2n) is 7.73. The molecule has 4 unspecified atom stereocenters. The van der Waals surface area contributed by atoms with E-state index >= 15 is 0 Å². The molecule has 0 radical (unpaired) electrons. The highest BCUT2D eigenvalue weighted by atomic mass is 16.5. The number of nitrogens with one attached hydrogen (secondary N) is 1. The molecule has 2 heteroatoms. The fourth-order valence-electron chi connectivity index (χ4n) is 4.71. The van der Waals surface area contributed by atoms with Crippen molar-refractivity contribution in [2.45, 2.75) is 65.0 Å². The molecule has 3 rings (SSSR count). The Morgan fingerprint density at radius 3 is 2.39 bits per heavy atom. The van der Waals surface area contributed by atoms with Crippen molar-refractivity contribution in [3.63, 3.8) is 0 Å². The van der Waals surface area contributed by atoms with E-state index in [1.54, 1.807) is 0 Å². The van der Waals surface area contributed by atoms with Crippen molar-refractivity contribution in [3.8, 4) is 0 Å². The van der Waals surface area contributed by atoms with E-state index in [0.29, 0.717) is 22.9 Å². The smallest absolute Gasteiger partial charge is 0.0618 e. The highest BCUT2D eigenvalue weighted by Gasteiger charge is 2.61. The summed E-state index contributed by atoms with van der Waals surface area (Å²) in [5.74, 6) is 1.82. The normalized spacial score (nSPS) is 43.3. The summed E-state index contributed by atoms with van der Waals surface area (Å²) < 4.78 is 5.42. The van der Waals surface area contributed by atoms with Gasteiger partial charge in [-0.3, -0.25) is 0 Å². The highest BCUT2D eigenvalue weighted by Crippen LogP contribution is 2.65. The topological polar surface area (TPSA) is 21.3 Å². The lowest BCUT2D eigenvalue weighted by Gasteiger charge is -2.41. The minimum Gasteiger partial charge on any atom is -0.383 e.